The van der Waals surface area contributed by atoms with Crippen molar-refractivity contribution in [1.82, 2.24) is 4.98 Å². The maximum atomic E-state index is 11.5. The van der Waals surface area contributed by atoms with E-state index in [0.29, 0.717) is 18.8 Å². The molecular weight excluding hydrogens is 190 g/mol. The number of amides is 1. The Morgan fingerprint density at radius 1 is 1.60 bits per heavy atom. The summed E-state index contributed by atoms with van der Waals surface area (Å²) in [6, 6.07) is 3.70. The summed E-state index contributed by atoms with van der Waals surface area (Å²) in [6.45, 7) is 4.42. The Labute approximate surface area is 89.9 Å². The molecule has 4 heteroatoms. The summed E-state index contributed by atoms with van der Waals surface area (Å²) < 4.78 is 0. The number of carbonyl (C=O) groups excluding carboxylic acids is 1. The van der Waals surface area contributed by atoms with Gasteiger partial charge in [-0.05, 0) is 31.0 Å². The molecule has 0 bridgehead atoms. The van der Waals surface area contributed by atoms with Crippen molar-refractivity contribution in [3.05, 3.63) is 23.9 Å². The molecule has 1 amide bonds. The molecule has 1 rings (SSSR count). The third-order valence-electron chi connectivity index (χ3n) is 2.12. The van der Waals surface area contributed by atoms with Gasteiger partial charge in [0.2, 0.25) is 5.91 Å². The zero-order valence-corrected chi connectivity index (χ0v) is 9.16. The van der Waals surface area contributed by atoms with Crippen molar-refractivity contribution in [1.29, 1.82) is 0 Å². The third kappa shape index (κ3) is 4.08. The fourth-order valence-electron chi connectivity index (χ4n) is 1.14. The molecule has 0 aromatic carbocycles. The van der Waals surface area contributed by atoms with E-state index in [9.17, 15) is 4.79 Å². The number of anilines is 1. The number of aryl methyl sites for hydroxylation is 1. The molecule has 4 nitrogen and oxygen atoms in total. The summed E-state index contributed by atoms with van der Waals surface area (Å²) in [4.78, 5) is 15.5. The lowest BCUT2D eigenvalue weighted by atomic mass is 10.1. The number of nitrogens with two attached hydrogens (primary N) is 1. The van der Waals surface area contributed by atoms with Crippen LogP contribution < -0.4 is 11.1 Å². The number of hydrogen-bond donors (Lipinski definition) is 2. The number of aromatic nitrogens is 1. The quantitative estimate of drug-likeness (QED) is 0.782. The lowest BCUT2D eigenvalue weighted by molar-refractivity contribution is -0.116. The van der Waals surface area contributed by atoms with E-state index in [1.807, 2.05) is 19.9 Å². The van der Waals surface area contributed by atoms with Crippen LogP contribution >= 0.6 is 0 Å². The molecule has 0 aliphatic heterocycles. The van der Waals surface area contributed by atoms with E-state index < -0.39 is 0 Å². The van der Waals surface area contributed by atoms with Gasteiger partial charge in [-0.2, -0.15) is 0 Å². The fraction of sp³-hybridized carbons (Fsp3) is 0.455. The first-order valence-corrected chi connectivity index (χ1v) is 5.04. The van der Waals surface area contributed by atoms with Gasteiger partial charge < -0.3 is 11.1 Å². The molecule has 0 radical (unpaired) electrons. The van der Waals surface area contributed by atoms with Crippen LogP contribution in [0.3, 0.4) is 0 Å². The summed E-state index contributed by atoms with van der Waals surface area (Å²) in [5.41, 5.74) is 6.51. The van der Waals surface area contributed by atoms with Crippen molar-refractivity contribution in [3.63, 3.8) is 0 Å². The lowest BCUT2D eigenvalue weighted by Gasteiger charge is -2.08. The zero-order chi connectivity index (χ0) is 11.3. The number of nitrogens with one attached hydrogen (secondary N) is 1. The maximum absolute atomic E-state index is 11.5. The van der Waals surface area contributed by atoms with E-state index in [0.717, 1.165) is 5.56 Å². The molecule has 82 valence electrons. The van der Waals surface area contributed by atoms with Crippen LogP contribution in [0.25, 0.3) is 0 Å². The van der Waals surface area contributed by atoms with Crippen LogP contribution in [0.1, 0.15) is 18.9 Å². The largest absolute Gasteiger partial charge is 0.330 e. The van der Waals surface area contributed by atoms with Crippen molar-refractivity contribution in [2.75, 3.05) is 11.9 Å². The minimum absolute atomic E-state index is 0.0377. The first-order chi connectivity index (χ1) is 7.11. The van der Waals surface area contributed by atoms with Crippen LogP contribution in [-0.2, 0) is 4.79 Å². The van der Waals surface area contributed by atoms with Gasteiger partial charge in [-0.25, -0.2) is 4.98 Å². The average molecular weight is 207 g/mol. The second kappa shape index (κ2) is 5.46. The Bertz CT molecular complexity index is 321. The number of nitrogens with zero attached hydrogens (tertiary/aromatic N) is 1. The Balaban J connectivity index is 2.48. The van der Waals surface area contributed by atoms with Gasteiger partial charge in [-0.15, -0.1) is 0 Å². The molecule has 1 aromatic rings. The average Bonchev–Trinajstić information content (AvgIpc) is 2.21. The molecular formula is C11H17N3O. The highest BCUT2D eigenvalue weighted by molar-refractivity contribution is 5.89. The van der Waals surface area contributed by atoms with E-state index in [2.05, 4.69) is 10.3 Å². The van der Waals surface area contributed by atoms with Crippen molar-refractivity contribution in [2.24, 2.45) is 11.7 Å². The summed E-state index contributed by atoms with van der Waals surface area (Å²) >= 11 is 0. The summed E-state index contributed by atoms with van der Waals surface area (Å²) in [6.07, 6.45) is 2.16. The van der Waals surface area contributed by atoms with Crippen molar-refractivity contribution in [3.8, 4) is 0 Å². The molecule has 1 aromatic heterocycles. The van der Waals surface area contributed by atoms with E-state index in [1.165, 1.54) is 0 Å². The molecule has 15 heavy (non-hydrogen) atoms. The Morgan fingerprint density at radius 3 is 2.87 bits per heavy atom. The molecule has 0 aliphatic carbocycles. The monoisotopic (exact) mass is 207 g/mol. The fourth-order valence-corrected chi connectivity index (χ4v) is 1.14. The highest BCUT2D eigenvalue weighted by Crippen LogP contribution is 2.06. The molecule has 0 fully saturated rings. The number of pyridine rings is 1. The Hall–Kier alpha value is -1.42. The maximum Gasteiger partial charge on any atom is 0.225 e. The van der Waals surface area contributed by atoms with Crippen LogP contribution in [0.5, 0.6) is 0 Å². The van der Waals surface area contributed by atoms with Crippen molar-refractivity contribution < 1.29 is 4.79 Å². The Morgan fingerprint density at radius 2 is 2.33 bits per heavy atom. The van der Waals surface area contributed by atoms with Gasteiger partial charge in [0.25, 0.3) is 0 Å². The first-order valence-electron chi connectivity index (χ1n) is 5.04. The molecule has 1 unspecified atom stereocenters. The normalized spacial score (nSPS) is 12.2. The highest BCUT2D eigenvalue weighted by atomic mass is 16.1. The SMILES string of the molecule is Cc1ccc(NC(=O)CC(C)CN)nc1. The van der Waals surface area contributed by atoms with Gasteiger partial charge in [0.15, 0.2) is 0 Å². The molecule has 1 atom stereocenters. The molecule has 0 saturated carbocycles. The van der Waals surface area contributed by atoms with Gasteiger partial charge in [0.1, 0.15) is 5.82 Å². The van der Waals surface area contributed by atoms with E-state index in [4.69, 9.17) is 5.73 Å². The minimum Gasteiger partial charge on any atom is -0.330 e. The summed E-state index contributed by atoms with van der Waals surface area (Å²) in [5.74, 6) is 0.759. The molecule has 0 aliphatic rings. The predicted octanol–water partition coefficient (Wildman–Crippen LogP) is 1.31. The van der Waals surface area contributed by atoms with Crippen LogP contribution in [0, 0.1) is 12.8 Å². The lowest BCUT2D eigenvalue weighted by Crippen LogP contribution is -2.20. The van der Waals surface area contributed by atoms with E-state index in [-0.39, 0.29) is 11.8 Å². The van der Waals surface area contributed by atoms with Gasteiger partial charge in [0, 0.05) is 12.6 Å². The molecule has 0 saturated heterocycles. The van der Waals surface area contributed by atoms with Gasteiger partial charge in [0.05, 0.1) is 0 Å². The second-order valence-corrected chi connectivity index (χ2v) is 3.81. The number of rotatable bonds is 4. The van der Waals surface area contributed by atoms with Crippen LogP contribution in [0.15, 0.2) is 18.3 Å². The standard InChI is InChI=1S/C11H17N3O/c1-8-3-4-10(13-7-8)14-11(15)5-9(2)6-12/h3-4,7,9H,5-6,12H2,1-2H3,(H,13,14,15). The third-order valence-corrected chi connectivity index (χ3v) is 2.12. The van der Waals surface area contributed by atoms with Gasteiger partial charge in [-0.3, -0.25) is 4.79 Å². The predicted molar refractivity (Wildman–Crippen MR) is 60.4 cm³/mol. The minimum atomic E-state index is -0.0377. The highest BCUT2D eigenvalue weighted by Gasteiger charge is 2.07. The summed E-state index contributed by atoms with van der Waals surface area (Å²) in [7, 11) is 0. The van der Waals surface area contributed by atoms with Crippen LogP contribution in [-0.4, -0.2) is 17.4 Å². The molecule has 1 heterocycles. The smallest absolute Gasteiger partial charge is 0.225 e. The molecule has 3 N–H and O–H groups in total. The summed E-state index contributed by atoms with van der Waals surface area (Å²) in [5, 5.41) is 2.73. The first kappa shape index (κ1) is 11.7. The molecule has 0 spiro atoms. The van der Waals surface area contributed by atoms with E-state index >= 15 is 0 Å². The number of carbonyl (C=O) groups is 1. The van der Waals surface area contributed by atoms with Gasteiger partial charge >= 0.3 is 0 Å². The van der Waals surface area contributed by atoms with Crippen LogP contribution in [0.4, 0.5) is 5.82 Å². The number of hydrogen-bond acceptors (Lipinski definition) is 3. The van der Waals surface area contributed by atoms with E-state index in [1.54, 1.807) is 12.3 Å². The Kier molecular flexibility index (Phi) is 4.24. The zero-order valence-electron chi connectivity index (χ0n) is 9.16. The second-order valence-electron chi connectivity index (χ2n) is 3.81. The van der Waals surface area contributed by atoms with Crippen LogP contribution in [0.2, 0.25) is 0 Å². The topological polar surface area (TPSA) is 68.0 Å². The van der Waals surface area contributed by atoms with Crippen molar-refractivity contribution >= 4 is 11.7 Å². The van der Waals surface area contributed by atoms with Gasteiger partial charge in [-0.1, -0.05) is 13.0 Å². The van der Waals surface area contributed by atoms with Crippen molar-refractivity contribution in [2.45, 2.75) is 20.3 Å².